The molecule has 1 aromatic rings. The number of rotatable bonds is 16. The van der Waals surface area contributed by atoms with Gasteiger partial charge in [0.1, 0.15) is 0 Å². The van der Waals surface area contributed by atoms with E-state index in [0.29, 0.717) is 6.54 Å². The summed E-state index contributed by atoms with van der Waals surface area (Å²) < 4.78 is 0. The third kappa shape index (κ3) is 12.3. The number of carbonyl (C=O) groups is 4. The Balaban J connectivity index is 2.75. The fraction of sp³-hybridized carbons (Fsp3) is 0.500. The second-order valence-corrected chi connectivity index (χ2v) is 7.26. The summed E-state index contributed by atoms with van der Waals surface area (Å²) in [6.45, 7) is 1.46. The third-order valence-corrected chi connectivity index (χ3v) is 4.43. The van der Waals surface area contributed by atoms with Crippen molar-refractivity contribution in [2.24, 2.45) is 0 Å². The van der Waals surface area contributed by atoms with E-state index >= 15 is 0 Å². The second kappa shape index (κ2) is 13.3. The predicted molar refractivity (Wildman–Crippen MR) is 110 cm³/mol. The molecule has 0 spiro atoms. The van der Waals surface area contributed by atoms with Gasteiger partial charge in [0.2, 0.25) is 0 Å². The average molecular weight is 439 g/mol. The summed E-state index contributed by atoms with van der Waals surface area (Å²) in [5, 5.41) is 36.2. The zero-order valence-electron chi connectivity index (χ0n) is 17.4. The normalized spacial score (nSPS) is 11.2. The number of carboxylic acid groups (broad SMARTS) is 4. The van der Waals surface area contributed by atoms with Gasteiger partial charge in [0.25, 0.3) is 0 Å². The molecule has 0 unspecified atom stereocenters. The number of carboxylic acids is 4. The summed E-state index contributed by atoms with van der Waals surface area (Å²) in [7, 11) is 0. The van der Waals surface area contributed by atoms with Crippen LogP contribution in [0.25, 0.3) is 0 Å². The first-order chi connectivity index (χ1) is 14.5. The molecule has 0 fully saturated rings. The van der Waals surface area contributed by atoms with E-state index in [1.54, 1.807) is 4.90 Å². The number of hydrogen-bond acceptors (Lipinski definition) is 7. The molecule has 1 aromatic carbocycles. The summed E-state index contributed by atoms with van der Waals surface area (Å²) in [5.74, 6) is -4.47. The minimum absolute atomic E-state index is 0.0444. The van der Waals surface area contributed by atoms with E-state index in [2.05, 4.69) is 0 Å². The van der Waals surface area contributed by atoms with E-state index in [1.807, 2.05) is 31.2 Å². The molecule has 0 aliphatic rings. The van der Waals surface area contributed by atoms with Crippen LogP contribution in [0.3, 0.4) is 0 Å². The fourth-order valence-corrected chi connectivity index (χ4v) is 2.98. The van der Waals surface area contributed by atoms with Gasteiger partial charge in [0, 0.05) is 32.7 Å². The summed E-state index contributed by atoms with van der Waals surface area (Å²) in [6.07, 6.45) is 0. The van der Waals surface area contributed by atoms with Gasteiger partial charge in [0.15, 0.2) is 0 Å². The molecule has 172 valence electrons. The molecule has 11 heteroatoms. The second-order valence-electron chi connectivity index (χ2n) is 7.26. The van der Waals surface area contributed by atoms with Gasteiger partial charge in [-0.05, 0) is 12.5 Å². The maximum atomic E-state index is 11.2. The van der Waals surface area contributed by atoms with Crippen LogP contribution in [0.1, 0.15) is 11.1 Å². The smallest absolute Gasteiger partial charge is 0.317 e. The third-order valence-electron chi connectivity index (χ3n) is 4.43. The van der Waals surface area contributed by atoms with E-state index in [1.165, 1.54) is 9.80 Å². The minimum Gasteiger partial charge on any atom is -0.480 e. The van der Waals surface area contributed by atoms with Gasteiger partial charge in [-0.1, -0.05) is 29.8 Å². The predicted octanol–water partition coefficient (Wildman–Crippen LogP) is -0.261. The molecular formula is C20H29N3O8. The Kier molecular flexibility index (Phi) is 11.2. The minimum atomic E-state index is -1.18. The molecule has 11 nitrogen and oxygen atoms in total. The van der Waals surface area contributed by atoms with Crippen molar-refractivity contribution >= 4 is 23.9 Å². The molecule has 0 atom stereocenters. The van der Waals surface area contributed by atoms with Gasteiger partial charge >= 0.3 is 23.9 Å². The van der Waals surface area contributed by atoms with Crippen molar-refractivity contribution in [2.45, 2.75) is 13.5 Å². The van der Waals surface area contributed by atoms with Crippen molar-refractivity contribution in [3.8, 4) is 0 Å². The highest BCUT2D eigenvalue weighted by atomic mass is 16.4. The maximum Gasteiger partial charge on any atom is 0.317 e. The number of benzene rings is 1. The molecule has 4 N–H and O–H groups in total. The van der Waals surface area contributed by atoms with Crippen LogP contribution in [-0.2, 0) is 25.7 Å². The molecule has 0 saturated heterocycles. The van der Waals surface area contributed by atoms with Gasteiger partial charge in [-0.2, -0.15) is 0 Å². The van der Waals surface area contributed by atoms with Crippen molar-refractivity contribution in [3.63, 3.8) is 0 Å². The summed E-state index contributed by atoms with van der Waals surface area (Å²) in [4.78, 5) is 48.7. The quantitative estimate of drug-likeness (QED) is 0.269. The maximum absolute atomic E-state index is 11.2. The largest absolute Gasteiger partial charge is 0.480 e. The van der Waals surface area contributed by atoms with Crippen LogP contribution >= 0.6 is 0 Å². The lowest BCUT2D eigenvalue weighted by Gasteiger charge is -2.28. The molecule has 0 aliphatic heterocycles. The van der Waals surface area contributed by atoms with E-state index in [4.69, 9.17) is 15.3 Å². The molecule has 0 bridgehead atoms. The molecule has 0 amide bonds. The van der Waals surface area contributed by atoms with Crippen LogP contribution in [0.2, 0.25) is 0 Å². The van der Waals surface area contributed by atoms with Crippen molar-refractivity contribution < 1.29 is 39.6 Å². The fourth-order valence-electron chi connectivity index (χ4n) is 2.98. The van der Waals surface area contributed by atoms with Crippen molar-refractivity contribution in [3.05, 3.63) is 35.4 Å². The molecule has 0 radical (unpaired) electrons. The molecule has 0 aliphatic carbocycles. The molecule has 31 heavy (non-hydrogen) atoms. The molecule has 0 saturated carbocycles. The van der Waals surface area contributed by atoms with E-state index in [0.717, 1.165) is 11.1 Å². The molecular weight excluding hydrogens is 410 g/mol. The summed E-state index contributed by atoms with van der Waals surface area (Å²) in [5.41, 5.74) is 2.00. The zero-order chi connectivity index (χ0) is 23.4. The Bertz CT molecular complexity index is 737. The lowest BCUT2D eigenvalue weighted by atomic mass is 10.1. The monoisotopic (exact) mass is 439 g/mol. The lowest BCUT2D eigenvalue weighted by molar-refractivity contribution is -0.143. The van der Waals surface area contributed by atoms with Gasteiger partial charge in [-0.3, -0.25) is 33.9 Å². The van der Waals surface area contributed by atoms with Crippen LogP contribution in [0.15, 0.2) is 24.3 Å². The first-order valence-corrected chi connectivity index (χ1v) is 9.65. The number of aryl methyl sites for hydroxylation is 1. The Morgan fingerprint density at radius 3 is 1.42 bits per heavy atom. The number of nitrogens with zero attached hydrogens (tertiary/aromatic N) is 3. The van der Waals surface area contributed by atoms with Crippen molar-refractivity contribution in [1.82, 2.24) is 14.7 Å². The van der Waals surface area contributed by atoms with Crippen LogP contribution in [-0.4, -0.2) is 111 Å². The highest BCUT2D eigenvalue weighted by Gasteiger charge is 2.18. The van der Waals surface area contributed by atoms with Crippen LogP contribution < -0.4 is 0 Å². The topological polar surface area (TPSA) is 159 Å². The van der Waals surface area contributed by atoms with Crippen LogP contribution in [0, 0.1) is 6.92 Å². The molecule has 0 heterocycles. The van der Waals surface area contributed by atoms with Crippen LogP contribution in [0.4, 0.5) is 0 Å². The van der Waals surface area contributed by atoms with Gasteiger partial charge in [-0.25, -0.2) is 0 Å². The summed E-state index contributed by atoms with van der Waals surface area (Å²) >= 11 is 0. The Labute approximate surface area is 180 Å². The highest BCUT2D eigenvalue weighted by Crippen LogP contribution is 2.07. The van der Waals surface area contributed by atoms with Crippen LogP contribution in [0.5, 0.6) is 0 Å². The highest BCUT2D eigenvalue weighted by molar-refractivity contribution is 5.72. The zero-order valence-corrected chi connectivity index (χ0v) is 17.4. The SMILES string of the molecule is Cc1ccc(CN(CCN(CCN(CC(=O)O)CC(=O)O)CC(=O)O)CC(=O)O)cc1. The molecule has 0 aromatic heterocycles. The van der Waals surface area contributed by atoms with E-state index in [9.17, 15) is 24.3 Å². The van der Waals surface area contributed by atoms with Gasteiger partial charge < -0.3 is 20.4 Å². The Morgan fingerprint density at radius 1 is 0.613 bits per heavy atom. The van der Waals surface area contributed by atoms with Crippen molar-refractivity contribution in [2.75, 3.05) is 52.4 Å². The Hall–Kier alpha value is -3.02. The standard InChI is InChI=1S/C20H29N3O8/c1-15-2-4-16(5-3-15)10-22(12-18(26)27)8-6-21(11-17(24)25)7-9-23(13-19(28)29)14-20(30)31/h2-5H,6-14H2,1H3,(H,24,25)(H,26,27)(H,28,29)(H,30,31). The van der Waals surface area contributed by atoms with Gasteiger partial charge in [0.05, 0.1) is 26.2 Å². The lowest BCUT2D eigenvalue weighted by Crippen LogP contribution is -2.44. The van der Waals surface area contributed by atoms with Gasteiger partial charge in [-0.15, -0.1) is 0 Å². The van der Waals surface area contributed by atoms with Crippen molar-refractivity contribution in [1.29, 1.82) is 0 Å². The molecule has 1 rings (SSSR count). The Morgan fingerprint density at radius 2 is 0.968 bits per heavy atom. The first kappa shape index (κ1) is 26.0. The van der Waals surface area contributed by atoms with E-state index in [-0.39, 0.29) is 39.3 Å². The summed E-state index contributed by atoms with van der Waals surface area (Å²) in [6, 6.07) is 7.64. The number of hydrogen-bond donors (Lipinski definition) is 4. The average Bonchev–Trinajstić information content (AvgIpc) is 2.63. The first-order valence-electron chi connectivity index (χ1n) is 9.65. The van der Waals surface area contributed by atoms with E-state index < -0.39 is 37.0 Å². The number of aliphatic carboxylic acids is 4.